The molecule has 94 valence electrons. The summed E-state index contributed by atoms with van der Waals surface area (Å²) in [6.45, 7) is 0. The van der Waals surface area contributed by atoms with Gasteiger partial charge in [-0.15, -0.1) is 0 Å². The lowest BCUT2D eigenvalue weighted by molar-refractivity contribution is 0.173. The molecular formula is C13H10BrClFNO. The molecule has 1 aromatic carbocycles. The fourth-order valence-corrected chi connectivity index (χ4v) is 2.41. The molecule has 2 rings (SSSR count). The smallest absolute Gasteiger partial charge is 0.147 e. The molecule has 0 fully saturated rings. The lowest BCUT2D eigenvalue weighted by Crippen LogP contribution is -2.05. The Morgan fingerprint density at radius 3 is 2.83 bits per heavy atom. The van der Waals surface area contributed by atoms with Crippen molar-refractivity contribution in [3.63, 3.8) is 0 Å². The van der Waals surface area contributed by atoms with Crippen LogP contribution in [-0.4, -0.2) is 10.1 Å². The average molecular weight is 331 g/mol. The molecule has 0 bridgehead atoms. The number of rotatable bonds is 3. The van der Waals surface area contributed by atoms with Gasteiger partial charge in [0.25, 0.3) is 0 Å². The Bertz CT molecular complexity index is 564. The molecule has 1 atom stereocenters. The largest absolute Gasteiger partial charge is 0.388 e. The monoisotopic (exact) mass is 329 g/mol. The highest BCUT2D eigenvalue weighted by atomic mass is 79.9. The van der Waals surface area contributed by atoms with Crippen LogP contribution in [0.15, 0.2) is 41.1 Å². The summed E-state index contributed by atoms with van der Waals surface area (Å²) in [6.07, 6.45) is 1.85. The number of hydrogen-bond donors (Lipinski definition) is 1. The van der Waals surface area contributed by atoms with Gasteiger partial charge < -0.3 is 5.11 Å². The lowest BCUT2D eigenvalue weighted by atomic mass is 10.0. The van der Waals surface area contributed by atoms with E-state index in [1.807, 2.05) is 6.07 Å². The van der Waals surface area contributed by atoms with E-state index in [4.69, 9.17) is 11.6 Å². The van der Waals surface area contributed by atoms with Crippen molar-refractivity contribution in [2.75, 3.05) is 0 Å². The Labute approximate surface area is 118 Å². The molecule has 1 heterocycles. The number of nitrogens with zero attached hydrogens (tertiary/aromatic N) is 1. The summed E-state index contributed by atoms with van der Waals surface area (Å²) < 4.78 is 14.3. The maximum Gasteiger partial charge on any atom is 0.147 e. The van der Waals surface area contributed by atoms with Gasteiger partial charge in [-0.3, -0.25) is 4.98 Å². The van der Waals surface area contributed by atoms with Gasteiger partial charge in [0.2, 0.25) is 0 Å². The van der Waals surface area contributed by atoms with Crippen molar-refractivity contribution < 1.29 is 9.50 Å². The number of benzene rings is 1. The van der Waals surface area contributed by atoms with Crippen LogP contribution in [0.5, 0.6) is 0 Å². The van der Waals surface area contributed by atoms with Crippen LogP contribution >= 0.6 is 27.5 Å². The number of hydrogen-bond acceptors (Lipinski definition) is 2. The molecule has 2 nitrogen and oxygen atoms in total. The molecule has 0 radical (unpaired) electrons. The van der Waals surface area contributed by atoms with Crippen molar-refractivity contribution >= 4 is 27.5 Å². The third-order valence-electron chi connectivity index (χ3n) is 2.59. The minimum atomic E-state index is -0.938. The van der Waals surface area contributed by atoms with E-state index in [0.29, 0.717) is 5.02 Å². The topological polar surface area (TPSA) is 33.1 Å². The van der Waals surface area contributed by atoms with Crippen LogP contribution in [0.4, 0.5) is 4.39 Å². The Morgan fingerprint density at radius 2 is 2.17 bits per heavy atom. The molecule has 2 aromatic rings. The van der Waals surface area contributed by atoms with E-state index in [9.17, 15) is 9.50 Å². The van der Waals surface area contributed by atoms with Gasteiger partial charge >= 0.3 is 0 Å². The van der Waals surface area contributed by atoms with Crippen molar-refractivity contribution in [1.82, 2.24) is 4.98 Å². The van der Waals surface area contributed by atoms with Gasteiger partial charge in [0.05, 0.1) is 12.3 Å². The first-order valence-electron chi connectivity index (χ1n) is 5.29. The van der Waals surface area contributed by atoms with E-state index in [-0.39, 0.29) is 12.0 Å². The third kappa shape index (κ3) is 3.07. The van der Waals surface area contributed by atoms with E-state index in [1.54, 1.807) is 12.1 Å². The molecule has 1 unspecified atom stereocenters. The molecular weight excluding hydrogens is 321 g/mol. The second-order valence-electron chi connectivity index (χ2n) is 3.85. The normalized spacial score (nSPS) is 12.4. The lowest BCUT2D eigenvalue weighted by Gasteiger charge is -2.12. The Balaban J connectivity index is 2.21. The zero-order valence-corrected chi connectivity index (χ0v) is 11.6. The van der Waals surface area contributed by atoms with E-state index >= 15 is 0 Å². The van der Waals surface area contributed by atoms with Crippen molar-refractivity contribution in [3.8, 4) is 0 Å². The standard InChI is InChI=1S/C13H10BrClFNO/c14-9-2-1-8(11(15)6-9)5-13(18)10-3-4-17-7-12(10)16/h1-4,6-7,13,18H,5H2. The summed E-state index contributed by atoms with van der Waals surface area (Å²) in [6, 6.07) is 6.84. The zero-order chi connectivity index (χ0) is 13.1. The van der Waals surface area contributed by atoms with E-state index < -0.39 is 11.9 Å². The molecule has 0 saturated carbocycles. The molecule has 0 amide bonds. The fraction of sp³-hybridized carbons (Fsp3) is 0.154. The fourth-order valence-electron chi connectivity index (χ4n) is 1.66. The summed E-state index contributed by atoms with van der Waals surface area (Å²) in [5, 5.41) is 10.6. The van der Waals surface area contributed by atoms with Crippen LogP contribution in [0.2, 0.25) is 5.02 Å². The molecule has 0 aliphatic carbocycles. The van der Waals surface area contributed by atoms with E-state index in [2.05, 4.69) is 20.9 Å². The minimum absolute atomic E-state index is 0.226. The van der Waals surface area contributed by atoms with Crippen LogP contribution < -0.4 is 0 Å². The molecule has 5 heteroatoms. The molecule has 0 aliphatic heterocycles. The van der Waals surface area contributed by atoms with Crippen LogP contribution in [-0.2, 0) is 6.42 Å². The highest BCUT2D eigenvalue weighted by Crippen LogP contribution is 2.27. The van der Waals surface area contributed by atoms with E-state index in [1.165, 1.54) is 12.3 Å². The predicted molar refractivity (Wildman–Crippen MR) is 72.0 cm³/mol. The molecule has 0 spiro atoms. The number of pyridine rings is 1. The van der Waals surface area contributed by atoms with E-state index in [0.717, 1.165) is 16.2 Å². The highest BCUT2D eigenvalue weighted by molar-refractivity contribution is 9.10. The number of aliphatic hydroxyl groups excluding tert-OH is 1. The van der Waals surface area contributed by atoms with Crippen LogP contribution in [0, 0.1) is 5.82 Å². The van der Waals surface area contributed by atoms with Crippen LogP contribution in [0.25, 0.3) is 0 Å². The number of aliphatic hydroxyl groups is 1. The minimum Gasteiger partial charge on any atom is -0.388 e. The van der Waals surface area contributed by atoms with Crippen molar-refractivity contribution in [1.29, 1.82) is 0 Å². The first kappa shape index (κ1) is 13.5. The number of halogens is 3. The number of aromatic nitrogens is 1. The first-order chi connectivity index (χ1) is 8.58. The van der Waals surface area contributed by atoms with Gasteiger partial charge in [-0.05, 0) is 23.8 Å². The van der Waals surface area contributed by atoms with Gasteiger partial charge in [0.1, 0.15) is 5.82 Å². The summed E-state index contributed by atoms with van der Waals surface area (Å²) in [5.41, 5.74) is 0.993. The summed E-state index contributed by atoms with van der Waals surface area (Å²) in [7, 11) is 0. The molecule has 18 heavy (non-hydrogen) atoms. The average Bonchev–Trinajstić information content (AvgIpc) is 2.33. The Morgan fingerprint density at radius 1 is 1.39 bits per heavy atom. The van der Waals surface area contributed by atoms with Gasteiger partial charge in [0.15, 0.2) is 0 Å². The van der Waals surface area contributed by atoms with Gasteiger partial charge in [0, 0.05) is 27.7 Å². The quantitative estimate of drug-likeness (QED) is 0.925. The molecule has 1 aromatic heterocycles. The van der Waals surface area contributed by atoms with Gasteiger partial charge in [-0.2, -0.15) is 0 Å². The van der Waals surface area contributed by atoms with Crippen molar-refractivity contribution in [2.45, 2.75) is 12.5 Å². The summed E-state index contributed by atoms with van der Waals surface area (Å²) in [5.74, 6) is -0.516. The van der Waals surface area contributed by atoms with Crippen LogP contribution in [0.3, 0.4) is 0 Å². The second-order valence-corrected chi connectivity index (χ2v) is 5.18. The zero-order valence-electron chi connectivity index (χ0n) is 9.28. The van der Waals surface area contributed by atoms with Gasteiger partial charge in [-0.1, -0.05) is 33.6 Å². The molecule has 0 aliphatic rings. The van der Waals surface area contributed by atoms with Gasteiger partial charge in [-0.25, -0.2) is 4.39 Å². The molecule has 1 N–H and O–H groups in total. The highest BCUT2D eigenvalue weighted by Gasteiger charge is 2.14. The second kappa shape index (κ2) is 5.78. The maximum atomic E-state index is 13.4. The summed E-state index contributed by atoms with van der Waals surface area (Å²) in [4.78, 5) is 3.65. The Hall–Kier alpha value is -0.970. The summed E-state index contributed by atoms with van der Waals surface area (Å²) >= 11 is 9.36. The first-order valence-corrected chi connectivity index (χ1v) is 6.46. The predicted octanol–water partition coefficient (Wildman–Crippen LogP) is 3.91. The van der Waals surface area contributed by atoms with Crippen LogP contribution in [0.1, 0.15) is 17.2 Å². The Kier molecular flexibility index (Phi) is 4.32. The third-order valence-corrected chi connectivity index (χ3v) is 3.44. The van der Waals surface area contributed by atoms with Crippen molar-refractivity contribution in [2.24, 2.45) is 0 Å². The molecule has 0 saturated heterocycles. The maximum absolute atomic E-state index is 13.4. The SMILES string of the molecule is OC(Cc1ccc(Br)cc1Cl)c1ccncc1F. The van der Waals surface area contributed by atoms with Crippen molar-refractivity contribution in [3.05, 3.63) is 63.1 Å².